The monoisotopic (exact) mass is 316 g/mol. The summed E-state index contributed by atoms with van der Waals surface area (Å²) in [5, 5.41) is 6.96. The smallest absolute Gasteiger partial charge is 0.0403 e. The number of nitrogens with one attached hydrogen (secondary N) is 2. The molecule has 2 heterocycles. The quantitative estimate of drug-likeness (QED) is 0.838. The highest BCUT2D eigenvalue weighted by molar-refractivity contribution is 5.58. The van der Waals surface area contributed by atoms with Gasteiger partial charge in [0.1, 0.15) is 0 Å². The Kier molecular flexibility index (Phi) is 5.92. The highest BCUT2D eigenvalue weighted by Gasteiger charge is 2.24. The van der Waals surface area contributed by atoms with Gasteiger partial charge in [-0.2, -0.15) is 0 Å². The van der Waals surface area contributed by atoms with Crippen LogP contribution in [0, 0.1) is 0 Å². The zero-order chi connectivity index (χ0) is 16.1. The van der Waals surface area contributed by atoms with E-state index >= 15 is 0 Å². The number of fused-ring (bicyclic) bond motifs is 1. The van der Waals surface area contributed by atoms with Crippen LogP contribution in [0.5, 0.6) is 0 Å². The van der Waals surface area contributed by atoms with Gasteiger partial charge in [0.2, 0.25) is 0 Å². The predicted octanol–water partition coefficient (Wildman–Crippen LogP) is 1.84. The summed E-state index contributed by atoms with van der Waals surface area (Å²) in [5.74, 6) is 0. The molecule has 4 nitrogen and oxygen atoms in total. The Hall–Kier alpha value is -1.10. The van der Waals surface area contributed by atoms with Crippen LogP contribution in [0.15, 0.2) is 18.2 Å². The molecule has 0 amide bonds. The fraction of sp³-hybridized carbons (Fsp3) is 0.684. The van der Waals surface area contributed by atoms with Crippen LogP contribution in [0.3, 0.4) is 0 Å². The van der Waals surface area contributed by atoms with Crippen molar-refractivity contribution >= 4 is 5.69 Å². The van der Waals surface area contributed by atoms with Crippen molar-refractivity contribution in [3.8, 4) is 0 Å². The summed E-state index contributed by atoms with van der Waals surface area (Å²) in [5.41, 5.74) is 4.55. The van der Waals surface area contributed by atoms with Gasteiger partial charge in [0.15, 0.2) is 0 Å². The normalized spacial score (nSPS) is 22.2. The molecule has 1 aromatic rings. The number of nitrogens with zero attached hydrogens (tertiary/aromatic N) is 2. The van der Waals surface area contributed by atoms with Crippen molar-refractivity contribution in [3.05, 3.63) is 29.3 Å². The maximum absolute atomic E-state index is 3.65. The van der Waals surface area contributed by atoms with E-state index < -0.39 is 0 Å². The zero-order valence-electron chi connectivity index (χ0n) is 14.8. The topological polar surface area (TPSA) is 30.5 Å². The van der Waals surface area contributed by atoms with Crippen LogP contribution in [0.25, 0.3) is 0 Å². The van der Waals surface area contributed by atoms with E-state index in [1.54, 1.807) is 5.56 Å². The minimum atomic E-state index is 0.555. The van der Waals surface area contributed by atoms with Crippen molar-refractivity contribution in [1.29, 1.82) is 0 Å². The van der Waals surface area contributed by atoms with Crippen molar-refractivity contribution in [2.75, 3.05) is 51.2 Å². The molecule has 3 rings (SSSR count). The Bertz CT molecular complexity index is 494. The molecule has 1 saturated heterocycles. The van der Waals surface area contributed by atoms with Crippen molar-refractivity contribution in [2.45, 2.75) is 38.8 Å². The van der Waals surface area contributed by atoms with Gasteiger partial charge in [-0.15, -0.1) is 0 Å². The molecule has 0 bridgehead atoms. The molecule has 0 aromatic heterocycles. The van der Waals surface area contributed by atoms with Gasteiger partial charge in [-0.1, -0.05) is 25.5 Å². The van der Waals surface area contributed by atoms with Gasteiger partial charge in [0.05, 0.1) is 0 Å². The Balaban J connectivity index is 1.67. The molecule has 0 saturated carbocycles. The number of rotatable bonds is 6. The van der Waals surface area contributed by atoms with E-state index in [9.17, 15) is 0 Å². The SMILES string of the molecule is CCCCN1CCN(c2cccc3c2CC(CNC)NC3)CC1. The second kappa shape index (κ2) is 8.13. The maximum atomic E-state index is 3.65. The second-order valence-corrected chi connectivity index (χ2v) is 6.94. The predicted molar refractivity (Wildman–Crippen MR) is 98.3 cm³/mol. The molecule has 0 aliphatic carbocycles. The van der Waals surface area contributed by atoms with Crippen molar-refractivity contribution in [3.63, 3.8) is 0 Å². The first-order valence-corrected chi connectivity index (χ1v) is 9.28. The Morgan fingerprint density at radius 3 is 2.78 bits per heavy atom. The lowest BCUT2D eigenvalue weighted by Gasteiger charge is -2.38. The third kappa shape index (κ3) is 4.06. The molecular weight excluding hydrogens is 284 g/mol. The van der Waals surface area contributed by atoms with Gasteiger partial charge in [0.25, 0.3) is 0 Å². The van der Waals surface area contributed by atoms with Crippen LogP contribution in [0.4, 0.5) is 5.69 Å². The first-order chi connectivity index (χ1) is 11.3. The minimum absolute atomic E-state index is 0.555. The summed E-state index contributed by atoms with van der Waals surface area (Å²) >= 11 is 0. The molecule has 4 heteroatoms. The summed E-state index contributed by atoms with van der Waals surface area (Å²) in [6.45, 7) is 10.4. The molecular formula is C19H32N4. The molecule has 2 aliphatic heterocycles. The highest BCUT2D eigenvalue weighted by atomic mass is 15.3. The van der Waals surface area contributed by atoms with Crippen LogP contribution >= 0.6 is 0 Å². The van der Waals surface area contributed by atoms with Gasteiger partial charge in [-0.3, -0.25) is 4.90 Å². The van der Waals surface area contributed by atoms with E-state index in [1.807, 2.05) is 7.05 Å². The molecule has 1 unspecified atom stereocenters. The molecule has 128 valence electrons. The van der Waals surface area contributed by atoms with Crippen LogP contribution in [-0.2, 0) is 13.0 Å². The lowest BCUT2D eigenvalue weighted by Crippen LogP contribution is -2.48. The van der Waals surface area contributed by atoms with E-state index in [-0.39, 0.29) is 0 Å². The average molecular weight is 316 g/mol. The van der Waals surface area contributed by atoms with Gasteiger partial charge < -0.3 is 15.5 Å². The zero-order valence-corrected chi connectivity index (χ0v) is 14.8. The lowest BCUT2D eigenvalue weighted by molar-refractivity contribution is 0.254. The molecule has 2 aliphatic rings. The van der Waals surface area contributed by atoms with Gasteiger partial charge >= 0.3 is 0 Å². The second-order valence-electron chi connectivity index (χ2n) is 6.94. The van der Waals surface area contributed by atoms with Crippen molar-refractivity contribution in [1.82, 2.24) is 15.5 Å². The van der Waals surface area contributed by atoms with E-state index in [4.69, 9.17) is 0 Å². The largest absolute Gasteiger partial charge is 0.369 e. The first kappa shape index (κ1) is 16.7. The fourth-order valence-electron chi connectivity index (χ4n) is 3.88. The Morgan fingerprint density at radius 2 is 2.04 bits per heavy atom. The maximum Gasteiger partial charge on any atom is 0.0403 e. The summed E-state index contributed by atoms with van der Waals surface area (Å²) in [6, 6.07) is 7.42. The summed E-state index contributed by atoms with van der Waals surface area (Å²) in [7, 11) is 2.04. The summed E-state index contributed by atoms with van der Waals surface area (Å²) in [6.07, 6.45) is 3.77. The van der Waals surface area contributed by atoms with Gasteiger partial charge in [0, 0.05) is 51.0 Å². The Morgan fingerprint density at radius 1 is 1.22 bits per heavy atom. The third-order valence-electron chi connectivity index (χ3n) is 5.27. The number of likely N-dealkylation sites (N-methyl/N-ethyl adjacent to an activating group) is 1. The number of unbranched alkanes of at least 4 members (excludes halogenated alkanes) is 1. The number of hydrogen-bond donors (Lipinski definition) is 2. The minimum Gasteiger partial charge on any atom is -0.369 e. The molecule has 1 aromatic carbocycles. The molecule has 2 N–H and O–H groups in total. The van der Waals surface area contributed by atoms with Crippen LogP contribution in [0.1, 0.15) is 30.9 Å². The lowest BCUT2D eigenvalue weighted by atomic mass is 9.93. The van der Waals surface area contributed by atoms with E-state index in [2.05, 4.69) is 45.6 Å². The summed E-state index contributed by atoms with van der Waals surface area (Å²) < 4.78 is 0. The van der Waals surface area contributed by atoms with Gasteiger partial charge in [-0.25, -0.2) is 0 Å². The van der Waals surface area contributed by atoms with E-state index in [0.29, 0.717) is 6.04 Å². The molecule has 1 atom stereocenters. The number of benzene rings is 1. The van der Waals surface area contributed by atoms with Crippen LogP contribution in [0.2, 0.25) is 0 Å². The van der Waals surface area contributed by atoms with E-state index in [1.165, 1.54) is 56.8 Å². The third-order valence-corrected chi connectivity index (χ3v) is 5.27. The average Bonchev–Trinajstić information content (AvgIpc) is 2.60. The number of hydrogen-bond acceptors (Lipinski definition) is 4. The molecule has 1 fully saturated rings. The van der Waals surface area contributed by atoms with E-state index in [0.717, 1.165) is 19.5 Å². The highest BCUT2D eigenvalue weighted by Crippen LogP contribution is 2.29. The molecule has 0 spiro atoms. The van der Waals surface area contributed by atoms with Crippen LogP contribution in [-0.4, -0.2) is 57.3 Å². The molecule has 0 radical (unpaired) electrons. The fourth-order valence-corrected chi connectivity index (χ4v) is 3.88. The number of piperazine rings is 1. The first-order valence-electron chi connectivity index (χ1n) is 9.28. The van der Waals surface area contributed by atoms with Crippen molar-refractivity contribution in [2.24, 2.45) is 0 Å². The summed E-state index contributed by atoms with van der Waals surface area (Å²) in [4.78, 5) is 5.24. The van der Waals surface area contributed by atoms with Crippen LogP contribution < -0.4 is 15.5 Å². The Labute approximate surface area is 141 Å². The van der Waals surface area contributed by atoms with Gasteiger partial charge in [-0.05, 0) is 43.6 Å². The molecule has 23 heavy (non-hydrogen) atoms. The standard InChI is InChI=1S/C19H32N4/c1-3-4-8-22-9-11-23(12-10-22)19-7-5-6-16-14-21-17(15-20-2)13-18(16)19/h5-7,17,20-21H,3-4,8-15H2,1-2H3. The number of anilines is 1. The van der Waals surface area contributed by atoms with Crippen molar-refractivity contribution < 1.29 is 0 Å².